The molecule has 0 bridgehead atoms. The fourth-order valence-electron chi connectivity index (χ4n) is 1.80. The number of carboxylic acids is 1. The van der Waals surface area contributed by atoms with Crippen LogP contribution in [0.1, 0.15) is 27.6 Å². The van der Waals surface area contributed by atoms with Gasteiger partial charge in [-0.15, -0.1) is 0 Å². The van der Waals surface area contributed by atoms with Crippen LogP contribution in [0.3, 0.4) is 0 Å². The minimum Gasteiger partial charge on any atom is -0.550 e. The Morgan fingerprint density at radius 2 is 1.17 bits per heavy atom. The molecule has 0 aromatic carbocycles. The van der Waals surface area contributed by atoms with Gasteiger partial charge in [0.15, 0.2) is 0 Å². The molecule has 3 rings (SSSR count). The molecule has 24 heavy (non-hydrogen) atoms. The first-order valence-electron chi connectivity index (χ1n) is 5.69. The van der Waals surface area contributed by atoms with E-state index in [0.29, 0.717) is 22.5 Å². The number of hydrogen-bond donors (Lipinski definition) is 0. The van der Waals surface area contributed by atoms with Crippen molar-refractivity contribution in [2.75, 3.05) is 0 Å². The molecular weight excluding hydrogens is 416 g/mol. The Balaban J connectivity index is -0.000000504. The van der Waals surface area contributed by atoms with Crippen LogP contribution in [0.2, 0.25) is 0 Å². The summed E-state index contributed by atoms with van der Waals surface area (Å²) in [6, 6.07) is 6.47. The molecule has 0 radical (unpaired) electrons. The van der Waals surface area contributed by atoms with Crippen LogP contribution in [0.15, 0.2) is 36.7 Å². The molecule has 0 atom stereocenters. The Labute approximate surface area is 152 Å². The molecule has 0 spiro atoms. The second-order valence-electron chi connectivity index (χ2n) is 3.95. The van der Waals surface area contributed by atoms with Crippen molar-refractivity contribution in [3.05, 3.63) is 47.8 Å². The van der Waals surface area contributed by atoms with E-state index in [1.165, 1.54) is 0 Å². The van der Waals surface area contributed by atoms with Gasteiger partial charge in [-0.1, -0.05) is 0 Å². The number of nitrogens with zero attached hydrogens (tertiary/aromatic N) is 2. The normalized spacial score (nSPS) is 9.88. The van der Waals surface area contributed by atoms with Crippen molar-refractivity contribution in [2.24, 2.45) is 0 Å². The van der Waals surface area contributed by atoms with Gasteiger partial charge < -0.3 is 26.3 Å². The van der Waals surface area contributed by atoms with Gasteiger partial charge in [-0.25, -0.2) is 0 Å². The molecule has 0 fully saturated rings. The maximum absolute atomic E-state index is 11.8. The van der Waals surface area contributed by atoms with Crippen LogP contribution < -0.4 is 5.11 Å². The van der Waals surface area contributed by atoms with Gasteiger partial charge in [-0.2, -0.15) is 0 Å². The number of aliphatic carboxylic acids is 1. The summed E-state index contributed by atoms with van der Waals surface area (Å²) in [6.07, 6.45) is 3.17. The SMILES string of the molecule is CC(=O)[O-].O.O.O.O=C1C(=O)c2cccnc2-c2ncccc21.[Ag+]. The Kier molecular flexibility index (Phi) is 12.5. The molecule has 0 amide bonds. The topological polar surface area (TPSA) is 195 Å². The van der Waals surface area contributed by atoms with Crippen molar-refractivity contribution in [1.82, 2.24) is 9.97 Å². The number of pyridine rings is 2. The third-order valence-corrected chi connectivity index (χ3v) is 2.54. The van der Waals surface area contributed by atoms with E-state index >= 15 is 0 Å². The van der Waals surface area contributed by atoms with Crippen LogP contribution in [0.25, 0.3) is 11.4 Å². The summed E-state index contributed by atoms with van der Waals surface area (Å²) in [5.74, 6) is -2.10. The molecule has 0 aliphatic heterocycles. The predicted octanol–water partition coefficient (Wildman–Crippen LogP) is -2.20. The first kappa shape index (κ1) is 26.6. The van der Waals surface area contributed by atoms with Gasteiger partial charge in [-0.3, -0.25) is 19.6 Å². The molecule has 9 nitrogen and oxygen atoms in total. The van der Waals surface area contributed by atoms with E-state index in [1.54, 1.807) is 36.7 Å². The van der Waals surface area contributed by atoms with Gasteiger partial charge in [0.05, 0.1) is 11.1 Å². The second kappa shape index (κ2) is 11.3. The van der Waals surface area contributed by atoms with Crippen molar-refractivity contribution in [2.45, 2.75) is 6.92 Å². The summed E-state index contributed by atoms with van der Waals surface area (Å²) in [7, 11) is 0. The van der Waals surface area contributed by atoms with E-state index in [9.17, 15) is 9.59 Å². The van der Waals surface area contributed by atoms with Crippen LogP contribution in [0, 0.1) is 0 Å². The van der Waals surface area contributed by atoms with Crippen LogP contribution in [-0.4, -0.2) is 43.9 Å². The number of carboxylic acid groups (broad SMARTS) is 1. The van der Waals surface area contributed by atoms with Crippen molar-refractivity contribution in [1.29, 1.82) is 0 Å². The zero-order valence-corrected chi connectivity index (χ0v) is 13.8. The number of hydrogen-bond acceptors (Lipinski definition) is 6. The van der Waals surface area contributed by atoms with E-state index in [4.69, 9.17) is 9.90 Å². The molecule has 6 N–H and O–H groups in total. The molecular formula is C14H15AgN2O7. The fraction of sp³-hybridized carbons (Fsp3) is 0.0714. The van der Waals surface area contributed by atoms with E-state index < -0.39 is 17.5 Å². The third kappa shape index (κ3) is 5.42. The van der Waals surface area contributed by atoms with Gasteiger partial charge in [0, 0.05) is 18.4 Å². The Morgan fingerprint density at radius 1 is 0.875 bits per heavy atom. The molecule has 1 aliphatic carbocycles. The summed E-state index contributed by atoms with van der Waals surface area (Å²) in [6.45, 7) is 0.972. The maximum atomic E-state index is 11.8. The minimum atomic E-state index is -1.08. The standard InChI is InChI=1S/C12H6N2O2.C2H4O2.Ag.3H2O/c15-11-7-3-1-5-13-9(7)10-8(12(11)16)4-2-6-14-10;1-2(3)4;;;;/h1-6H;1H3,(H,3,4);;3*1H2/q;;+1;;;/p-1. The molecule has 10 heteroatoms. The summed E-state index contributed by atoms with van der Waals surface area (Å²) in [5.41, 5.74) is 1.64. The molecule has 2 aromatic rings. The molecule has 2 aromatic heterocycles. The van der Waals surface area contributed by atoms with Gasteiger partial charge in [0.2, 0.25) is 11.6 Å². The number of rotatable bonds is 0. The van der Waals surface area contributed by atoms with Gasteiger partial charge >= 0.3 is 22.4 Å². The van der Waals surface area contributed by atoms with Gasteiger partial charge in [0.25, 0.3) is 0 Å². The Hall–Kier alpha value is -2.27. The molecule has 0 unspecified atom stereocenters. The van der Waals surface area contributed by atoms with Crippen LogP contribution in [0.4, 0.5) is 0 Å². The predicted molar refractivity (Wildman–Crippen MR) is 77.7 cm³/mol. The first-order valence-corrected chi connectivity index (χ1v) is 5.69. The molecule has 134 valence electrons. The van der Waals surface area contributed by atoms with E-state index in [-0.39, 0.29) is 38.8 Å². The number of ketones is 2. The van der Waals surface area contributed by atoms with E-state index in [1.807, 2.05) is 0 Å². The van der Waals surface area contributed by atoms with Crippen LogP contribution in [0.5, 0.6) is 0 Å². The Bertz CT molecular complexity index is 662. The van der Waals surface area contributed by atoms with Crippen molar-refractivity contribution >= 4 is 17.5 Å². The second-order valence-corrected chi connectivity index (χ2v) is 3.95. The van der Waals surface area contributed by atoms with Crippen LogP contribution >= 0.6 is 0 Å². The molecule has 0 saturated heterocycles. The summed E-state index contributed by atoms with van der Waals surface area (Å²) >= 11 is 0. The van der Waals surface area contributed by atoms with Gasteiger partial charge in [0.1, 0.15) is 11.4 Å². The average Bonchev–Trinajstić information content (AvgIpc) is 2.44. The Morgan fingerprint density at radius 3 is 1.46 bits per heavy atom. The summed E-state index contributed by atoms with van der Waals surface area (Å²) in [5, 5.41) is 8.89. The van der Waals surface area contributed by atoms with E-state index in [0.717, 1.165) is 6.92 Å². The number of carbonyl (C=O) groups excluding carboxylic acids is 3. The van der Waals surface area contributed by atoms with E-state index in [2.05, 4.69) is 9.97 Å². The summed E-state index contributed by atoms with van der Waals surface area (Å²) < 4.78 is 0. The van der Waals surface area contributed by atoms with Crippen molar-refractivity contribution in [3.8, 4) is 11.4 Å². The maximum Gasteiger partial charge on any atom is 1.00 e. The number of carbonyl (C=O) groups is 3. The smallest absolute Gasteiger partial charge is 0.550 e. The average molecular weight is 431 g/mol. The minimum absolute atomic E-state index is 0. The zero-order valence-electron chi connectivity index (χ0n) is 12.3. The van der Waals surface area contributed by atoms with Crippen molar-refractivity contribution in [3.63, 3.8) is 0 Å². The quantitative estimate of drug-likeness (QED) is 0.335. The number of aromatic nitrogens is 2. The first-order chi connectivity index (χ1) is 9.52. The molecule has 0 saturated carbocycles. The third-order valence-electron chi connectivity index (χ3n) is 2.54. The van der Waals surface area contributed by atoms with Crippen molar-refractivity contribution < 1.29 is 58.3 Å². The zero-order chi connectivity index (χ0) is 14.7. The van der Waals surface area contributed by atoms with Gasteiger partial charge in [-0.05, 0) is 31.2 Å². The molecule has 1 aliphatic rings. The monoisotopic (exact) mass is 430 g/mol. The largest absolute Gasteiger partial charge is 1.00 e. The summed E-state index contributed by atoms with van der Waals surface area (Å²) in [4.78, 5) is 40.6. The fourth-order valence-corrected chi connectivity index (χ4v) is 1.80. The number of Topliss-reactive ketones (excluding diaryl/α,β-unsaturated/α-hetero) is 2. The number of fused-ring (bicyclic) bond motifs is 3. The molecule has 2 heterocycles. The van der Waals surface area contributed by atoms with Crippen LogP contribution in [-0.2, 0) is 27.2 Å².